The van der Waals surface area contributed by atoms with Gasteiger partial charge in [0.15, 0.2) is 0 Å². The van der Waals surface area contributed by atoms with E-state index in [-0.39, 0.29) is 6.04 Å². The van der Waals surface area contributed by atoms with Crippen LogP contribution >= 0.6 is 0 Å². The fourth-order valence-electron chi connectivity index (χ4n) is 1.76. The highest BCUT2D eigenvalue weighted by molar-refractivity contribution is 5.38. The molecule has 1 rings (SSSR count). The van der Waals surface area contributed by atoms with Crippen LogP contribution in [0.4, 0.5) is 13.2 Å². The number of aryl methyl sites for hydroxylation is 1. The van der Waals surface area contributed by atoms with Gasteiger partial charge >= 0.3 is 6.18 Å². The standard InChI is InChI=1S/C13H18F3NO/c1-9(17)4-3-5-10-8-11(13(14,15)16)6-7-12(10)18-2/h6-9H,3-5,17H2,1-2H3. The maximum Gasteiger partial charge on any atom is 0.416 e. The smallest absolute Gasteiger partial charge is 0.416 e. The second kappa shape index (κ2) is 6.09. The zero-order chi connectivity index (χ0) is 13.8. The van der Waals surface area contributed by atoms with Crippen molar-refractivity contribution in [2.45, 2.75) is 38.4 Å². The van der Waals surface area contributed by atoms with Crippen molar-refractivity contribution in [1.29, 1.82) is 0 Å². The molecule has 0 aliphatic rings. The second-order valence-electron chi connectivity index (χ2n) is 4.39. The van der Waals surface area contributed by atoms with Crippen LogP contribution in [0.3, 0.4) is 0 Å². The fourth-order valence-corrected chi connectivity index (χ4v) is 1.76. The van der Waals surface area contributed by atoms with E-state index in [0.717, 1.165) is 25.0 Å². The molecule has 18 heavy (non-hydrogen) atoms. The number of benzene rings is 1. The van der Waals surface area contributed by atoms with E-state index in [1.807, 2.05) is 6.92 Å². The minimum atomic E-state index is -4.32. The lowest BCUT2D eigenvalue weighted by Gasteiger charge is -2.13. The third-order valence-corrected chi connectivity index (χ3v) is 2.71. The number of halogens is 3. The molecule has 0 aliphatic carbocycles. The molecule has 2 nitrogen and oxygen atoms in total. The summed E-state index contributed by atoms with van der Waals surface area (Å²) < 4.78 is 42.9. The number of ether oxygens (including phenoxy) is 1. The summed E-state index contributed by atoms with van der Waals surface area (Å²) in [5.41, 5.74) is 5.55. The van der Waals surface area contributed by atoms with Gasteiger partial charge in [-0.25, -0.2) is 0 Å². The van der Waals surface area contributed by atoms with E-state index in [1.54, 1.807) is 0 Å². The molecule has 2 N–H and O–H groups in total. The highest BCUT2D eigenvalue weighted by atomic mass is 19.4. The SMILES string of the molecule is COc1ccc(C(F)(F)F)cc1CCCC(C)N. The molecule has 0 aromatic heterocycles. The molecule has 0 saturated heterocycles. The van der Waals surface area contributed by atoms with Crippen molar-refractivity contribution in [2.24, 2.45) is 5.73 Å². The van der Waals surface area contributed by atoms with Gasteiger partial charge in [0.25, 0.3) is 0 Å². The fraction of sp³-hybridized carbons (Fsp3) is 0.538. The van der Waals surface area contributed by atoms with Crippen molar-refractivity contribution in [1.82, 2.24) is 0 Å². The van der Waals surface area contributed by atoms with Crippen LogP contribution in [0.1, 0.15) is 30.9 Å². The monoisotopic (exact) mass is 261 g/mol. The summed E-state index contributed by atoms with van der Waals surface area (Å²) in [6, 6.07) is 3.61. The number of nitrogens with two attached hydrogens (primary N) is 1. The van der Waals surface area contributed by atoms with Gasteiger partial charge in [-0.2, -0.15) is 13.2 Å². The molecule has 0 fully saturated rings. The van der Waals surface area contributed by atoms with Gasteiger partial charge in [0.2, 0.25) is 0 Å². The summed E-state index contributed by atoms with van der Waals surface area (Å²) in [5, 5.41) is 0. The van der Waals surface area contributed by atoms with Crippen LogP contribution < -0.4 is 10.5 Å². The Morgan fingerprint density at radius 2 is 2.00 bits per heavy atom. The predicted molar refractivity (Wildman–Crippen MR) is 64.6 cm³/mol. The second-order valence-corrected chi connectivity index (χ2v) is 4.39. The van der Waals surface area contributed by atoms with Crippen molar-refractivity contribution >= 4 is 0 Å². The Kier molecular flexibility index (Phi) is 5.02. The van der Waals surface area contributed by atoms with Crippen molar-refractivity contribution in [2.75, 3.05) is 7.11 Å². The Morgan fingerprint density at radius 3 is 2.50 bits per heavy atom. The topological polar surface area (TPSA) is 35.2 Å². The lowest BCUT2D eigenvalue weighted by Crippen LogP contribution is -2.14. The first-order valence-electron chi connectivity index (χ1n) is 5.84. The summed E-state index contributed by atoms with van der Waals surface area (Å²) >= 11 is 0. The molecule has 0 saturated carbocycles. The minimum Gasteiger partial charge on any atom is -0.496 e. The predicted octanol–water partition coefficient (Wildman–Crippen LogP) is 3.38. The molecule has 0 amide bonds. The molecule has 0 bridgehead atoms. The van der Waals surface area contributed by atoms with E-state index in [4.69, 9.17) is 10.5 Å². The molecular weight excluding hydrogens is 243 g/mol. The number of hydrogen-bond donors (Lipinski definition) is 1. The van der Waals surface area contributed by atoms with Gasteiger partial charge in [0, 0.05) is 6.04 Å². The van der Waals surface area contributed by atoms with Crippen LogP contribution in [-0.4, -0.2) is 13.2 Å². The van der Waals surface area contributed by atoms with E-state index in [1.165, 1.54) is 13.2 Å². The maximum atomic E-state index is 12.6. The summed E-state index contributed by atoms with van der Waals surface area (Å²) in [7, 11) is 1.46. The summed E-state index contributed by atoms with van der Waals surface area (Å²) in [5.74, 6) is 0.493. The molecule has 1 aromatic rings. The van der Waals surface area contributed by atoms with Crippen LogP contribution in [0.15, 0.2) is 18.2 Å². The van der Waals surface area contributed by atoms with Gasteiger partial charge in [0.1, 0.15) is 5.75 Å². The normalized spacial score (nSPS) is 13.4. The third kappa shape index (κ3) is 4.22. The average Bonchev–Trinajstić information content (AvgIpc) is 2.27. The van der Waals surface area contributed by atoms with Crippen molar-refractivity contribution in [3.05, 3.63) is 29.3 Å². The van der Waals surface area contributed by atoms with E-state index >= 15 is 0 Å². The van der Waals surface area contributed by atoms with Crippen molar-refractivity contribution in [3.8, 4) is 5.75 Å². The molecule has 102 valence electrons. The number of alkyl halides is 3. The van der Waals surface area contributed by atoms with Crippen LogP contribution in [0, 0.1) is 0 Å². The van der Waals surface area contributed by atoms with Gasteiger partial charge in [0.05, 0.1) is 12.7 Å². The lowest BCUT2D eigenvalue weighted by molar-refractivity contribution is -0.137. The number of methoxy groups -OCH3 is 1. The van der Waals surface area contributed by atoms with E-state index < -0.39 is 11.7 Å². The quantitative estimate of drug-likeness (QED) is 0.881. The summed E-state index contributed by atoms with van der Waals surface area (Å²) in [4.78, 5) is 0. The summed E-state index contributed by atoms with van der Waals surface area (Å²) in [6.45, 7) is 1.88. The van der Waals surface area contributed by atoms with E-state index in [2.05, 4.69) is 0 Å². The Labute approximate surface area is 105 Å². The molecule has 1 atom stereocenters. The Morgan fingerprint density at radius 1 is 1.33 bits per heavy atom. The highest BCUT2D eigenvalue weighted by Gasteiger charge is 2.31. The van der Waals surface area contributed by atoms with Gasteiger partial charge in [-0.1, -0.05) is 0 Å². The first-order valence-corrected chi connectivity index (χ1v) is 5.84. The van der Waals surface area contributed by atoms with Gasteiger partial charge in [-0.05, 0) is 49.9 Å². The van der Waals surface area contributed by atoms with Crippen LogP contribution in [0.25, 0.3) is 0 Å². The van der Waals surface area contributed by atoms with Crippen LogP contribution in [0.5, 0.6) is 5.75 Å². The molecule has 0 aliphatic heterocycles. The Hall–Kier alpha value is -1.23. The summed E-state index contributed by atoms with van der Waals surface area (Å²) in [6.07, 6.45) is -2.26. The number of rotatable bonds is 5. The zero-order valence-electron chi connectivity index (χ0n) is 10.6. The molecule has 0 radical (unpaired) electrons. The third-order valence-electron chi connectivity index (χ3n) is 2.71. The first-order chi connectivity index (χ1) is 8.34. The Balaban J connectivity index is 2.86. The van der Waals surface area contributed by atoms with Crippen LogP contribution in [-0.2, 0) is 12.6 Å². The Bertz CT molecular complexity index is 388. The van der Waals surface area contributed by atoms with Crippen molar-refractivity contribution < 1.29 is 17.9 Å². The number of hydrogen-bond acceptors (Lipinski definition) is 2. The van der Waals surface area contributed by atoms with Gasteiger partial charge < -0.3 is 10.5 Å². The molecule has 1 aromatic carbocycles. The van der Waals surface area contributed by atoms with E-state index in [9.17, 15) is 13.2 Å². The van der Waals surface area contributed by atoms with Crippen LogP contribution in [0.2, 0.25) is 0 Å². The largest absolute Gasteiger partial charge is 0.496 e. The highest BCUT2D eigenvalue weighted by Crippen LogP contribution is 2.33. The van der Waals surface area contributed by atoms with Gasteiger partial charge in [-0.3, -0.25) is 0 Å². The maximum absolute atomic E-state index is 12.6. The molecular formula is C13H18F3NO. The van der Waals surface area contributed by atoms with Crippen molar-refractivity contribution in [3.63, 3.8) is 0 Å². The molecule has 1 unspecified atom stereocenters. The van der Waals surface area contributed by atoms with E-state index in [0.29, 0.717) is 17.7 Å². The minimum absolute atomic E-state index is 0.0572. The average molecular weight is 261 g/mol. The molecule has 0 heterocycles. The molecule has 5 heteroatoms. The first kappa shape index (κ1) is 14.8. The molecule has 0 spiro atoms. The van der Waals surface area contributed by atoms with Gasteiger partial charge in [-0.15, -0.1) is 0 Å². The lowest BCUT2D eigenvalue weighted by atomic mass is 10.0. The zero-order valence-corrected chi connectivity index (χ0v) is 10.6.